The van der Waals surface area contributed by atoms with E-state index in [1.54, 1.807) is 20.8 Å². The molecule has 0 bridgehead atoms. The molecule has 1 atom stereocenters. The average Bonchev–Trinajstić information content (AvgIpc) is 2.37. The first-order valence-electron chi connectivity index (χ1n) is 7.25. The van der Waals surface area contributed by atoms with Gasteiger partial charge in [-0.2, -0.15) is 12.6 Å². The minimum atomic E-state index is -1.09. The third-order valence-corrected chi connectivity index (χ3v) is 2.93. The summed E-state index contributed by atoms with van der Waals surface area (Å²) in [4.78, 5) is 33.6. The Hall–Kier alpha value is -1.44. The molecule has 0 aliphatic heterocycles. The number of carboxylic acid groups (broad SMARTS) is 1. The van der Waals surface area contributed by atoms with Crippen LogP contribution in [0, 0.1) is 0 Å². The second-order valence-electron chi connectivity index (χ2n) is 5.88. The fraction of sp³-hybridized carbons (Fsp3) is 0.786. The quantitative estimate of drug-likeness (QED) is 0.378. The molecule has 0 fully saturated rings. The van der Waals surface area contributed by atoms with Gasteiger partial charge in [0.15, 0.2) is 0 Å². The molecule has 0 unspecified atom stereocenters. The highest BCUT2D eigenvalue weighted by Crippen LogP contribution is 2.06. The zero-order chi connectivity index (χ0) is 17.2. The molecule has 0 saturated heterocycles. The number of nitrogens with one attached hydrogen (secondary N) is 2. The predicted octanol–water partition coefficient (Wildman–Crippen LogP) is 1.57. The minimum absolute atomic E-state index is 0.0564. The van der Waals surface area contributed by atoms with Crippen molar-refractivity contribution in [3.05, 3.63) is 0 Å². The highest BCUT2D eigenvalue weighted by molar-refractivity contribution is 7.80. The summed E-state index contributed by atoms with van der Waals surface area (Å²) in [6.45, 7) is 5.85. The molecule has 0 rings (SSSR count). The molecule has 0 aromatic carbocycles. The molecule has 2 amide bonds. The van der Waals surface area contributed by atoms with Crippen LogP contribution in [0.25, 0.3) is 0 Å². The standard InChI is InChI=1S/C14H26N2O5S/c1-14(2,3)21-13(20)15-8-6-4-5-7-11(17)16-10(9-22)12(18)19/h10,22H,4-9H2,1-3H3,(H,15,20)(H,16,17)(H,18,19)/t10-/m0/s1. The topological polar surface area (TPSA) is 105 Å². The Morgan fingerprint density at radius 1 is 1.18 bits per heavy atom. The van der Waals surface area contributed by atoms with Crippen LogP contribution >= 0.6 is 12.6 Å². The number of hydrogen-bond acceptors (Lipinski definition) is 5. The van der Waals surface area contributed by atoms with Crippen molar-refractivity contribution in [2.75, 3.05) is 12.3 Å². The Morgan fingerprint density at radius 2 is 1.82 bits per heavy atom. The van der Waals surface area contributed by atoms with Crippen LogP contribution in [0.4, 0.5) is 4.79 Å². The Bertz CT molecular complexity index is 382. The fourth-order valence-electron chi connectivity index (χ4n) is 1.54. The maximum Gasteiger partial charge on any atom is 0.407 e. The first-order chi connectivity index (χ1) is 10.2. The molecule has 0 heterocycles. The Labute approximate surface area is 136 Å². The number of aliphatic carboxylic acids is 1. The largest absolute Gasteiger partial charge is 0.480 e. The fourth-order valence-corrected chi connectivity index (χ4v) is 1.79. The third kappa shape index (κ3) is 11.2. The SMILES string of the molecule is CC(C)(C)OC(=O)NCCCCCC(=O)N[C@@H](CS)C(=O)O. The number of hydrogen-bond donors (Lipinski definition) is 4. The Morgan fingerprint density at radius 3 is 2.32 bits per heavy atom. The summed E-state index contributed by atoms with van der Waals surface area (Å²) in [5.74, 6) is -1.34. The predicted molar refractivity (Wildman–Crippen MR) is 86.1 cm³/mol. The minimum Gasteiger partial charge on any atom is -0.480 e. The normalized spacial score (nSPS) is 12.4. The molecule has 7 nitrogen and oxygen atoms in total. The van der Waals surface area contributed by atoms with Gasteiger partial charge in [0, 0.05) is 18.7 Å². The molecular weight excluding hydrogens is 308 g/mol. The highest BCUT2D eigenvalue weighted by Gasteiger charge is 2.17. The molecule has 0 aromatic rings. The van der Waals surface area contributed by atoms with Crippen LogP contribution < -0.4 is 10.6 Å². The van der Waals surface area contributed by atoms with Crippen molar-refractivity contribution in [1.82, 2.24) is 10.6 Å². The summed E-state index contributed by atoms with van der Waals surface area (Å²) in [6.07, 6.45) is 1.90. The molecule has 0 aliphatic rings. The van der Waals surface area contributed by atoms with Crippen LogP contribution in [0.3, 0.4) is 0 Å². The van der Waals surface area contributed by atoms with Gasteiger partial charge in [-0.25, -0.2) is 9.59 Å². The molecule has 0 aliphatic carbocycles. The number of amides is 2. The molecule has 22 heavy (non-hydrogen) atoms. The van der Waals surface area contributed by atoms with Gasteiger partial charge in [-0.05, 0) is 33.6 Å². The lowest BCUT2D eigenvalue weighted by atomic mass is 10.2. The van der Waals surface area contributed by atoms with Crippen molar-refractivity contribution in [2.45, 2.75) is 58.1 Å². The van der Waals surface area contributed by atoms with Gasteiger partial charge in [-0.3, -0.25) is 4.79 Å². The lowest BCUT2D eigenvalue weighted by molar-refractivity contribution is -0.141. The zero-order valence-electron chi connectivity index (χ0n) is 13.3. The summed E-state index contributed by atoms with van der Waals surface area (Å²) >= 11 is 3.87. The lowest BCUT2D eigenvalue weighted by Gasteiger charge is -2.19. The maximum absolute atomic E-state index is 11.5. The van der Waals surface area contributed by atoms with Crippen LogP contribution in [0.5, 0.6) is 0 Å². The second-order valence-corrected chi connectivity index (χ2v) is 6.25. The van der Waals surface area contributed by atoms with Crippen LogP contribution in [-0.4, -0.2) is 47.0 Å². The number of carbonyl (C=O) groups excluding carboxylic acids is 2. The number of unbranched alkanes of at least 4 members (excludes halogenated alkanes) is 2. The van der Waals surface area contributed by atoms with E-state index in [0.717, 1.165) is 12.8 Å². The second kappa shape index (κ2) is 10.3. The van der Waals surface area contributed by atoms with Gasteiger partial charge in [0.1, 0.15) is 11.6 Å². The molecule has 3 N–H and O–H groups in total. The van der Waals surface area contributed by atoms with E-state index in [-0.39, 0.29) is 18.1 Å². The van der Waals surface area contributed by atoms with E-state index in [9.17, 15) is 14.4 Å². The van der Waals surface area contributed by atoms with Crippen molar-refractivity contribution >= 4 is 30.6 Å². The highest BCUT2D eigenvalue weighted by atomic mass is 32.1. The maximum atomic E-state index is 11.5. The van der Waals surface area contributed by atoms with Crippen molar-refractivity contribution in [3.8, 4) is 0 Å². The summed E-state index contributed by atoms with van der Waals surface area (Å²) in [6, 6.07) is -0.954. The monoisotopic (exact) mass is 334 g/mol. The molecule has 0 spiro atoms. The van der Waals surface area contributed by atoms with Gasteiger partial charge < -0.3 is 20.5 Å². The molecular formula is C14H26N2O5S. The summed E-state index contributed by atoms with van der Waals surface area (Å²) < 4.78 is 5.08. The molecule has 0 aromatic heterocycles. The third-order valence-electron chi connectivity index (χ3n) is 2.56. The number of ether oxygens (including phenoxy) is 1. The van der Waals surface area contributed by atoms with Gasteiger partial charge in [0.25, 0.3) is 0 Å². The first-order valence-corrected chi connectivity index (χ1v) is 7.89. The van der Waals surface area contributed by atoms with Gasteiger partial charge in [0.2, 0.25) is 5.91 Å². The van der Waals surface area contributed by atoms with Gasteiger partial charge >= 0.3 is 12.1 Å². The zero-order valence-corrected chi connectivity index (χ0v) is 14.2. The van der Waals surface area contributed by atoms with Gasteiger partial charge in [-0.1, -0.05) is 6.42 Å². The van der Waals surface area contributed by atoms with E-state index in [4.69, 9.17) is 9.84 Å². The summed E-state index contributed by atoms with van der Waals surface area (Å²) in [5, 5.41) is 13.8. The Kier molecular flexibility index (Phi) is 9.64. The molecule has 128 valence electrons. The van der Waals surface area contributed by atoms with Crippen LogP contribution in [0.1, 0.15) is 46.5 Å². The lowest BCUT2D eigenvalue weighted by Crippen LogP contribution is -2.42. The van der Waals surface area contributed by atoms with Gasteiger partial charge in [-0.15, -0.1) is 0 Å². The molecule has 8 heteroatoms. The molecule has 0 saturated carbocycles. The van der Waals surface area contributed by atoms with E-state index in [2.05, 4.69) is 23.3 Å². The van der Waals surface area contributed by atoms with Crippen molar-refractivity contribution in [2.24, 2.45) is 0 Å². The van der Waals surface area contributed by atoms with E-state index < -0.39 is 23.7 Å². The van der Waals surface area contributed by atoms with E-state index >= 15 is 0 Å². The smallest absolute Gasteiger partial charge is 0.407 e. The number of alkyl carbamates (subject to hydrolysis) is 1. The summed E-state index contributed by atoms with van der Waals surface area (Å²) in [5.41, 5.74) is -0.518. The van der Waals surface area contributed by atoms with Gasteiger partial charge in [0.05, 0.1) is 0 Å². The first kappa shape index (κ1) is 20.6. The van der Waals surface area contributed by atoms with Crippen molar-refractivity contribution in [3.63, 3.8) is 0 Å². The van der Waals surface area contributed by atoms with E-state index in [1.807, 2.05) is 0 Å². The summed E-state index contributed by atoms with van der Waals surface area (Å²) in [7, 11) is 0. The number of carboxylic acids is 1. The number of thiol groups is 1. The number of rotatable bonds is 9. The van der Waals surface area contributed by atoms with E-state index in [1.165, 1.54) is 0 Å². The van der Waals surface area contributed by atoms with E-state index in [0.29, 0.717) is 13.0 Å². The number of carbonyl (C=O) groups is 3. The van der Waals surface area contributed by atoms with Crippen molar-refractivity contribution in [1.29, 1.82) is 0 Å². The van der Waals surface area contributed by atoms with Crippen LogP contribution in [-0.2, 0) is 14.3 Å². The van der Waals surface area contributed by atoms with Crippen LogP contribution in [0.15, 0.2) is 0 Å². The van der Waals surface area contributed by atoms with Crippen molar-refractivity contribution < 1.29 is 24.2 Å². The van der Waals surface area contributed by atoms with Crippen LogP contribution in [0.2, 0.25) is 0 Å². The average molecular weight is 334 g/mol. The Balaban J connectivity index is 3.67. The molecule has 0 radical (unpaired) electrons.